The van der Waals surface area contributed by atoms with Crippen molar-refractivity contribution >= 4 is 9.84 Å². The average molecular weight is 289 g/mol. The standard InChI is InChI=1S/C13H17F2NO2S/c1-13(15,16-8-3-2-4-9-16)19(17,18)12-7-5-6-11(14)10-12/h5-7,10H,2-4,8-9H2,1H3. The first-order valence-corrected chi connectivity index (χ1v) is 7.78. The number of rotatable bonds is 3. The Kier molecular flexibility index (Phi) is 3.92. The number of halogens is 2. The molecule has 0 bridgehead atoms. The number of sulfone groups is 1. The molecule has 0 aliphatic carbocycles. The number of benzene rings is 1. The summed E-state index contributed by atoms with van der Waals surface area (Å²) >= 11 is 0. The molecule has 3 nitrogen and oxygen atoms in total. The molecule has 1 aliphatic rings. The second-order valence-corrected chi connectivity index (χ2v) is 7.10. The molecule has 0 radical (unpaired) electrons. The smallest absolute Gasteiger partial charge is 0.258 e. The Labute approximate surface area is 112 Å². The van der Waals surface area contributed by atoms with Crippen LogP contribution < -0.4 is 0 Å². The van der Waals surface area contributed by atoms with E-state index in [4.69, 9.17) is 0 Å². The molecule has 1 atom stereocenters. The molecule has 1 unspecified atom stereocenters. The van der Waals surface area contributed by atoms with Crippen LogP contribution in [0.1, 0.15) is 26.2 Å². The van der Waals surface area contributed by atoms with Crippen LogP contribution in [-0.4, -0.2) is 31.5 Å². The van der Waals surface area contributed by atoms with Crippen LogP contribution in [0.15, 0.2) is 29.2 Å². The van der Waals surface area contributed by atoms with Crippen LogP contribution in [0.5, 0.6) is 0 Å². The van der Waals surface area contributed by atoms with Gasteiger partial charge < -0.3 is 0 Å². The molecule has 0 N–H and O–H groups in total. The molecule has 106 valence electrons. The third-order valence-electron chi connectivity index (χ3n) is 3.52. The van der Waals surface area contributed by atoms with E-state index in [2.05, 4.69) is 0 Å². The fraction of sp³-hybridized carbons (Fsp3) is 0.538. The molecular weight excluding hydrogens is 272 g/mol. The zero-order valence-electron chi connectivity index (χ0n) is 10.8. The quantitative estimate of drug-likeness (QED) is 0.803. The van der Waals surface area contributed by atoms with Crippen molar-refractivity contribution in [3.05, 3.63) is 30.1 Å². The van der Waals surface area contributed by atoms with E-state index in [0.717, 1.165) is 38.3 Å². The van der Waals surface area contributed by atoms with E-state index >= 15 is 0 Å². The van der Waals surface area contributed by atoms with Gasteiger partial charge in [-0.15, -0.1) is 0 Å². The first-order valence-electron chi connectivity index (χ1n) is 6.30. The minimum atomic E-state index is -4.24. The Morgan fingerprint density at radius 1 is 1.21 bits per heavy atom. The highest BCUT2D eigenvalue weighted by Gasteiger charge is 2.46. The fourth-order valence-corrected chi connectivity index (χ4v) is 3.79. The Morgan fingerprint density at radius 2 is 1.84 bits per heavy atom. The highest BCUT2D eigenvalue weighted by Crippen LogP contribution is 2.32. The molecule has 0 aromatic heterocycles. The van der Waals surface area contributed by atoms with Crippen molar-refractivity contribution < 1.29 is 17.2 Å². The van der Waals surface area contributed by atoms with Crippen LogP contribution in [0, 0.1) is 5.82 Å². The molecule has 1 aliphatic heterocycles. The van der Waals surface area contributed by atoms with Crippen LogP contribution in [-0.2, 0) is 9.84 Å². The summed E-state index contributed by atoms with van der Waals surface area (Å²) in [6.07, 6.45) is 2.53. The molecule has 1 saturated heterocycles. The third-order valence-corrected chi connectivity index (χ3v) is 5.63. The van der Waals surface area contributed by atoms with Gasteiger partial charge in [0, 0.05) is 13.1 Å². The minimum Gasteiger partial charge on any atom is -0.258 e. The molecule has 0 amide bonds. The summed E-state index contributed by atoms with van der Waals surface area (Å²) in [6, 6.07) is 4.49. The Hall–Kier alpha value is -1.01. The number of likely N-dealkylation sites (tertiary alicyclic amines) is 1. The first kappa shape index (κ1) is 14.4. The van der Waals surface area contributed by atoms with E-state index < -0.39 is 20.8 Å². The Bertz CT molecular complexity index is 552. The highest BCUT2D eigenvalue weighted by molar-refractivity contribution is 7.92. The summed E-state index contributed by atoms with van der Waals surface area (Å²) in [5, 5.41) is -2.50. The van der Waals surface area contributed by atoms with E-state index in [1.165, 1.54) is 17.0 Å². The van der Waals surface area contributed by atoms with Gasteiger partial charge in [-0.3, -0.25) is 4.90 Å². The maximum absolute atomic E-state index is 14.8. The van der Waals surface area contributed by atoms with E-state index in [1.807, 2.05) is 0 Å². The summed E-state index contributed by atoms with van der Waals surface area (Å²) in [5.74, 6) is -0.685. The predicted octanol–water partition coefficient (Wildman–Crippen LogP) is 2.73. The van der Waals surface area contributed by atoms with Crippen LogP contribution in [0.3, 0.4) is 0 Å². The van der Waals surface area contributed by atoms with Crippen molar-refractivity contribution in [3.8, 4) is 0 Å². The van der Waals surface area contributed by atoms with Gasteiger partial charge >= 0.3 is 0 Å². The Balaban J connectivity index is 2.37. The Morgan fingerprint density at radius 3 is 2.42 bits per heavy atom. The van der Waals surface area contributed by atoms with Gasteiger partial charge in [-0.25, -0.2) is 17.2 Å². The topological polar surface area (TPSA) is 37.4 Å². The van der Waals surface area contributed by atoms with Crippen LogP contribution in [0.2, 0.25) is 0 Å². The summed E-state index contributed by atoms with van der Waals surface area (Å²) in [7, 11) is -4.24. The van der Waals surface area contributed by atoms with Crippen molar-refractivity contribution in [1.29, 1.82) is 0 Å². The molecule has 2 rings (SSSR count). The number of piperidine rings is 1. The van der Waals surface area contributed by atoms with Crippen molar-refractivity contribution in [2.45, 2.75) is 36.2 Å². The summed E-state index contributed by atoms with van der Waals surface area (Å²) in [5.41, 5.74) is 0. The lowest BCUT2D eigenvalue weighted by Crippen LogP contribution is -2.50. The molecular formula is C13H17F2NO2S. The maximum Gasteiger partial charge on any atom is 0.266 e. The van der Waals surface area contributed by atoms with Gasteiger partial charge in [0.15, 0.2) is 0 Å². The van der Waals surface area contributed by atoms with Crippen molar-refractivity contribution in [3.63, 3.8) is 0 Å². The molecule has 19 heavy (non-hydrogen) atoms. The molecule has 1 aromatic rings. The van der Waals surface area contributed by atoms with Crippen LogP contribution in [0.4, 0.5) is 8.78 Å². The molecule has 1 heterocycles. The maximum atomic E-state index is 14.8. The normalized spacial score (nSPS) is 21.0. The van der Waals surface area contributed by atoms with Gasteiger partial charge in [0.05, 0.1) is 4.90 Å². The van der Waals surface area contributed by atoms with E-state index in [-0.39, 0.29) is 4.90 Å². The highest BCUT2D eigenvalue weighted by atomic mass is 32.2. The minimum absolute atomic E-state index is 0.317. The fourth-order valence-electron chi connectivity index (χ4n) is 2.31. The van der Waals surface area contributed by atoms with E-state index in [1.54, 1.807) is 0 Å². The van der Waals surface area contributed by atoms with Gasteiger partial charge in [-0.05, 0) is 38.0 Å². The lowest BCUT2D eigenvalue weighted by molar-refractivity contribution is 0.0391. The SMILES string of the molecule is CC(F)(N1CCCCC1)S(=O)(=O)c1cccc(F)c1. The van der Waals surface area contributed by atoms with Crippen molar-refractivity contribution in [2.24, 2.45) is 0 Å². The lowest BCUT2D eigenvalue weighted by Gasteiger charge is -2.36. The second kappa shape index (κ2) is 5.17. The van der Waals surface area contributed by atoms with E-state index in [9.17, 15) is 17.2 Å². The molecule has 0 saturated carbocycles. The van der Waals surface area contributed by atoms with E-state index in [0.29, 0.717) is 13.1 Å². The number of hydrogen-bond donors (Lipinski definition) is 0. The van der Waals surface area contributed by atoms with Gasteiger partial charge in [-0.1, -0.05) is 12.5 Å². The summed E-state index contributed by atoms with van der Waals surface area (Å²) in [6.45, 7) is 1.85. The second-order valence-electron chi connectivity index (χ2n) is 4.88. The predicted molar refractivity (Wildman–Crippen MR) is 68.5 cm³/mol. The zero-order chi connectivity index (χ0) is 14.1. The summed E-state index contributed by atoms with van der Waals surface area (Å²) < 4.78 is 52.6. The number of alkyl halides is 1. The van der Waals surface area contributed by atoms with Crippen LogP contribution >= 0.6 is 0 Å². The lowest BCUT2D eigenvalue weighted by atomic mass is 10.1. The third kappa shape index (κ3) is 2.65. The first-order chi connectivity index (χ1) is 8.85. The zero-order valence-corrected chi connectivity index (χ0v) is 11.6. The molecule has 6 heteroatoms. The van der Waals surface area contributed by atoms with Crippen molar-refractivity contribution in [1.82, 2.24) is 4.90 Å². The van der Waals surface area contributed by atoms with Gasteiger partial charge in [0.25, 0.3) is 5.12 Å². The largest absolute Gasteiger partial charge is 0.266 e. The molecule has 1 fully saturated rings. The summed E-state index contributed by atoms with van der Waals surface area (Å²) in [4.78, 5) is 1.000. The van der Waals surface area contributed by atoms with Gasteiger partial charge in [0.2, 0.25) is 9.84 Å². The average Bonchev–Trinajstić information content (AvgIpc) is 2.39. The van der Waals surface area contributed by atoms with Crippen LogP contribution in [0.25, 0.3) is 0 Å². The van der Waals surface area contributed by atoms with Crippen molar-refractivity contribution in [2.75, 3.05) is 13.1 Å². The monoisotopic (exact) mass is 289 g/mol. The number of nitrogens with zero attached hydrogens (tertiary/aromatic N) is 1. The molecule has 0 spiro atoms. The number of hydrogen-bond acceptors (Lipinski definition) is 3. The molecule has 1 aromatic carbocycles. The van der Waals surface area contributed by atoms with Gasteiger partial charge in [-0.2, -0.15) is 0 Å². The van der Waals surface area contributed by atoms with Gasteiger partial charge in [0.1, 0.15) is 5.82 Å².